The smallest absolute Gasteiger partial charge is 0.162 e. The van der Waals surface area contributed by atoms with Crippen LogP contribution in [0.2, 0.25) is 0 Å². The lowest BCUT2D eigenvalue weighted by molar-refractivity contribution is 0.0974. The highest BCUT2D eigenvalue weighted by Crippen LogP contribution is 2.17. The van der Waals surface area contributed by atoms with Crippen LogP contribution < -0.4 is 5.73 Å². The van der Waals surface area contributed by atoms with Gasteiger partial charge in [-0.3, -0.25) is 4.79 Å². The van der Waals surface area contributed by atoms with E-state index >= 15 is 0 Å². The van der Waals surface area contributed by atoms with E-state index in [1.807, 2.05) is 12.1 Å². The molecule has 0 aromatic heterocycles. The lowest BCUT2D eigenvalue weighted by Gasteiger charge is -2.09. The summed E-state index contributed by atoms with van der Waals surface area (Å²) in [7, 11) is 0. The van der Waals surface area contributed by atoms with E-state index in [-0.39, 0.29) is 5.78 Å². The van der Waals surface area contributed by atoms with E-state index in [1.165, 1.54) is 5.56 Å². The molecule has 1 aromatic carbocycles. The van der Waals surface area contributed by atoms with E-state index in [2.05, 4.69) is 32.9 Å². The first-order valence-electron chi connectivity index (χ1n) is 6.87. The molecule has 0 aliphatic rings. The Balaban J connectivity index is 2.51. The molecule has 0 bridgehead atoms. The van der Waals surface area contributed by atoms with Gasteiger partial charge < -0.3 is 5.73 Å². The summed E-state index contributed by atoms with van der Waals surface area (Å²) in [5.74, 6) is 1.29. The molecule has 0 radical (unpaired) electrons. The second kappa shape index (κ2) is 7.32. The summed E-state index contributed by atoms with van der Waals surface area (Å²) in [6.07, 6.45) is 2.56. The number of ketones is 1. The Labute approximate surface area is 111 Å². The monoisotopic (exact) mass is 247 g/mol. The summed E-state index contributed by atoms with van der Waals surface area (Å²) in [5, 5.41) is 0. The maximum Gasteiger partial charge on any atom is 0.162 e. The molecule has 0 spiro atoms. The molecule has 0 aliphatic heterocycles. The average molecular weight is 247 g/mol. The van der Waals surface area contributed by atoms with Gasteiger partial charge in [-0.05, 0) is 36.8 Å². The molecule has 1 unspecified atom stereocenters. The van der Waals surface area contributed by atoms with Gasteiger partial charge in [-0.1, -0.05) is 45.0 Å². The van der Waals surface area contributed by atoms with Gasteiger partial charge in [0.2, 0.25) is 0 Å². The van der Waals surface area contributed by atoms with Crippen molar-refractivity contribution < 1.29 is 4.79 Å². The van der Waals surface area contributed by atoms with Gasteiger partial charge in [-0.15, -0.1) is 0 Å². The van der Waals surface area contributed by atoms with E-state index in [0.717, 1.165) is 18.4 Å². The molecule has 1 rings (SSSR count). The van der Waals surface area contributed by atoms with Gasteiger partial charge in [-0.2, -0.15) is 0 Å². The summed E-state index contributed by atoms with van der Waals surface area (Å²) in [4.78, 5) is 12.0. The molecule has 2 nitrogen and oxygen atoms in total. The largest absolute Gasteiger partial charge is 0.330 e. The van der Waals surface area contributed by atoms with Gasteiger partial charge in [-0.25, -0.2) is 0 Å². The zero-order valence-corrected chi connectivity index (χ0v) is 11.8. The van der Waals surface area contributed by atoms with Crippen molar-refractivity contribution in [3.05, 3.63) is 35.4 Å². The average Bonchev–Trinajstić information content (AvgIpc) is 2.36. The Morgan fingerprint density at radius 2 is 1.72 bits per heavy atom. The van der Waals surface area contributed by atoms with Crippen molar-refractivity contribution in [1.82, 2.24) is 0 Å². The van der Waals surface area contributed by atoms with Crippen molar-refractivity contribution in [1.29, 1.82) is 0 Å². The normalized spacial score (nSPS) is 12.7. The number of rotatable bonds is 7. The standard InChI is InChI=1S/C16H25NO/c1-12(2)14-5-7-15(8-6-14)16(18)9-4-13(3)10-11-17/h5-8,12-13H,4,9-11,17H2,1-3H3. The van der Waals surface area contributed by atoms with Crippen LogP contribution in [0.4, 0.5) is 0 Å². The Morgan fingerprint density at radius 3 is 2.22 bits per heavy atom. The molecule has 0 amide bonds. The fourth-order valence-electron chi connectivity index (χ4n) is 2.00. The molecular formula is C16H25NO. The van der Waals surface area contributed by atoms with Crippen LogP contribution in [0.5, 0.6) is 0 Å². The molecule has 0 aliphatic carbocycles. The zero-order chi connectivity index (χ0) is 13.5. The van der Waals surface area contributed by atoms with E-state index in [0.29, 0.717) is 24.8 Å². The van der Waals surface area contributed by atoms with Crippen molar-refractivity contribution in [2.45, 2.75) is 46.0 Å². The van der Waals surface area contributed by atoms with Crippen molar-refractivity contribution >= 4 is 5.78 Å². The lowest BCUT2D eigenvalue weighted by Crippen LogP contribution is -2.08. The van der Waals surface area contributed by atoms with Gasteiger partial charge in [0.05, 0.1) is 0 Å². The molecule has 0 saturated heterocycles. The number of Topliss-reactive ketones (excluding diaryl/α,β-unsaturated/α-hetero) is 1. The lowest BCUT2D eigenvalue weighted by atomic mass is 9.96. The van der Waals surface area contributed by atoms with Crippen molar-refractivity contribution in [3.63, 3.8) is 0 Å². The minimum absolute atomic E-state index is 0.245. The maximum absolute atomic E-state index is 12.0. The predicted molar refractivity (Wildman–Crippen MR) is 76.9 cm³/mol. The van der Waals surface area contributed by atoms with Gasteiger partial charge in [0, 0.05) is 12.0 Å². The van der Waals surface area contributed by atoms with Crippen LogP contribution in [0.3, 0.4) is 0 Å². The van der Waals surface area contributed by atoms with Crippen molar-refractivity contribution in [2.75, 3.05) is 6.54 Å². The predicted octanol–water partition coefficient (Wildman–Crippen LogP) is 3.76. The first-order chi connectivity index (χ1) is 8.54. The van der Waals surface area contributed by atoms with E-state index < -0.39 is 0 Å². The molecule has 1 atom stereocenters. The molecule has 2 N–H and O–H groups in total. The second-order valence-electron chi connectivity index (χ2n) is 5.42. The zero-order valence-electron chi connectivity index (χ0n) is 11.8. The maximum atomic E-state index is 12.0. The van der Waals surface area contributed by atoms with Crippen molar-refractivity contribution in [3.8, 4) is 0 Å². The summed E-state index contributed by atoms with van der Waals surface area (Å²) in [6, 6.07) is 8.01. The SMILES string of the molecule is CC(CCN)CCC(=O)c1ccc(C(C)C)cc1. The Morgan fingerprint density at radius 1 is 1.11 bits per heavy atom. The van der Waals surface area contributed by atoms with Crippen LogP contribution in [0, 0.1) is 5.92 Å². The van der Waals surface area contributed by atoms with Crippen LogP contribution in [-0.4, -0.2) is 12.3 Å². The van der Waals surface area contributed by atoms with E-state index in [4.69, 9.17) is 5.73 Å². The third-order valence-corrected chi connectivity index (χ3v) is 3.42. The van der Waals surface area contributed by atoms with Crippen LogP contribution >= 0.6 is 0 Å². The number of carbonyl (C=O) groups is 1. The van der Waals surface area contributed by atoms with Gasteiger partial charge in [0.1, 0.15) is 0 Å². The Kier molecular flexibility index (Phi) is 6.06. The minimum Gasteiger partial charge on any atom is -0.330 e. The first kappa shape index (κ1) is 14.9. The number of benzene rings is 1. The summed E-state index contributed by atoms with van der Waals surface area (Å²) in [6.45, 7) is 7.18. The molecular weight excluding hydrogens is 222 g/mol. The summed E-state index contributed by atoms with van der Waals surface area (Å²) in [5.41, 5.74) is 7.62. The Hall–Kier alpha value is -1.15. The van der Waals surface area contributed by atoms with Crippen molar-refractivity contribution in [2.24, 2.45) is 11.7 Å². The van der Waals surface area contributed by atoms with E-state index in [1.54, 1.807) is 0 Å². The molecule has 2 heteroatoms. The summed E-state index contributed by atoms with van der Waals surface area (Å²) < 4.78 is 0. The molecule has 0 fully saturated rings. The number of hydrogen-bond acceptors (Lipinski definition) is 2. The van der Waals surface area contributed by atoms with Crippen LogP contribution in [0.15, 0.2) is 24.3 Å². The summed E-state index contributed by atoms with van der Waals surface area (Å²) >= 11 is 0. The number of nitrogens with two attached hydrogens (primary N) is 1. The highest BCUT2D eigenvalue weighted by molar-refractivity contribution is 5.96. The topological polar surface area (TPSA) is 43.1 Å². The Bertz CT molecular complexity index is 367. The van der Waals surface area contributed by atoms with Gasteiger partial charge in [0.15, 0.2) is 5.78 Å². The second-order valence-corrected chi connectivity index (χ2v) is 5.42. The van der Waals surface area contributed by atoms with Crippen LogP contribution in [-0.2, 0) is 0 Å². The van der Waals surface area contributed by atoms with Gasteiger partial charge in [0.25, 0.3) is 0 Å². The highest BCUT2D eigenvalue weighted by Gasteiger charge is 2.09. The quantitative estimate of drug-likeness (QED) is 0.745. The third kappa shape index (κ3) is 4.61. The molecule has 1 aromatic rings. The molecule has 100 valence electrons. The van der Waals surface area contributed by atoms with Gasteiger partial charge >= 0.3 is 0 Å². The van der Waals surface area contributed by atoms with Crippen LogP contribution in [0.1, 0.15) is 61.9 Å². The molecule has 0 heterocycles. The first-order valence-corrected chi connectivity index (χ1v) is 6.87. The van der Waals surface area contributed by atoms with Crippen LogP contribution in [0.25, 0.3) is 0 Å². The van der Waals surface area contributed by atoms with E-state index in [9.17, 15) is 4.79 Å². The third-order valence-electron chi connectivity index (χ3n) is 3.42. The number of carbonyl (C=O) groups excluding carboxylic acids is 1. The minimum atomic E-state index is 0.245. The number of hydrogen-bond donors (Lipinski definition) is 1. The fourth-order valence-corrected chi connectivity index (χ4v) is 2.00. The molecule has 18 heavy (non-hydrogen) atoms. The highest BCUT2D eigenvalue weighted by atomic mass is 16.1. The molecule has 0 saturated carbocycles. The fraction of sp³-hybridized carbons (Fsp3) is 0.562.